The second kappa shape index (κ2) is 3.47. The Labute approximate surface area is 106 Å². The first-order valence-electron chi connectivity index (χ1n) is 5.36. The summed E-state index contributed by atoms with van der Waals surface area (Å²) in [4.78, 5) is 14.4. The summed E-state index contributed by atoms with van der Waals surface area (Å²) in [5, 5.41) is 2.09. The maximum absolute atomic E-state index is 11.6. The highest BCUT2D eigenvalue weighted by atomic mass is 79.9. The van der Waals surface area contributed by atoms with Crippen LogP contribution in [0.1, 0.15) is 5.69 Å². The van der Waals surface area contributed by atoms with E-state index in [0.717, 1.165) is 32.0 Å². The van der Waals surface area contributed by atoms with Crippen molar-refractivity contribution in [2.45, 2.75) is 6.92 Å². The predicted molar refractivity (Wildman–Crippen MR) is 73.5 cm³/mol. The Balaban J connectivity index is 2.75. The lowest BCUT2D eigenvalue weighted by Crippen LogP contribution is -2.06. The van der Waals surface area contributed by atoms with Gasteiger partial charge in [0.2, 0.25) is 5.56 Å². The molecule has 1 aromatic carbocycles. The third-order valence-corrected chi connectivity index (χ3v) is 3.82. The number of aromatic amines is 1. The summed E-state index contributed by atoms with van der Waals surface area (Å²) in [5.41, 5.74) is 3.04. The van der Waals surface area contributed by atoms with E-state index in [0.29, 0.717) is 0 Å². The van der Waals surface area contributed by atoms with Crippen LogP contribution in [0, 0.1) is 6.92 Å². The summed E-state index contributed by atoms with van der Waals surface area (Å²) in [5.74, 6) is 0. The number of H-pyrrole nitrogens is 1. The second-order valence-corrected chi connectivity index (χ2v) is 5.07. The first-order chi connectivity index (χ1) is 8.09. The van der Waals surface area contributed by atoms with Crippen LogP contribution in [0.5, 0.6) is 0 Å². The van der Waals surface area contributed by atoms with E-state index in [1.165, 1.54) is 0 Å². The van der Waals surface area contributed by atoms with E-state index in [9.17, 15) is 4.79 Å². The monoisotopic (exact) mass is 290 g/mol. The normalized spacial score (nSPS) is 11.5. The van der Waals surface area contributed by atoms with Gasteiger partial charge in [0.15, 0.2) is 0 Å². The molecule has 3 rings (SSSR count). The zero-order chi connectivity index (χ0) is 12.2. The second-order valence-electron chi connectivity index (χ2n) is 4.21. The lowest BCUT2D eigenvalue weighted by molar-refractivity contribution is 0.993. The number of halogens is 1. The minimum atomic E-state index is -0.0572. The van der Waals surface area contributed by atoms with Crippen molar-refractivity contribution in [2.24, 2.45) is 7.05 Å². The first-order valence-corrected chi connectivity index (χ1v) is 6.15. The molecule has 0 aliphatic heterocycles. The van der Waals surface area contributed by atoms with Crippen molar-refractivity contribution in [3.63, 3.8) is 0 Å². The van der Waals surface area contributed by atoms with E-state index in [4.69, 9.17) is 0 Å². The third-order valence-electron chi connectivity index (χ3n) is 3.15. The summed E-state index contributed by atoms with van der Waals surface area (Å²) >= 11 is 3.55. The molecule has 0 amide bonds. The van der Waals surface area contributed by atoms with Gasteiger partial charge in [-0.3, -0.25) is 4.79 Å². The summed E-state index contributed by atoms with van der Waals surface area (Å²) in [6.07, 6.45) is 0. The molecule has 2 heterocycles. The van der Waals surface area contributed by atoms with Crippen molar-refractivity contribution in [3.8, 4) is 0 Å². The van der Waals surface area contributed by atoms with Crippen molar-refractivity contribution in [2.75, 3.05) is 0 Å². The topological polar surface area (TPSA) is 37.8 Å². The van der Waals surface area contributed by atoms with Gasteiger partial charge >= 0.3 is 0 Å². The SMILES string of the molecule is Cc1[nH]c(=O)cc2c3c(Br)cccc3n(C)c12. The molecule has 0 spiro atoms. The number of rotatable bonds is 0. The van der Waals surface area contributed by atoms with Gasteiger partial charge in [-0.05, 0) is 19.1 Å². The molecule has 0 bridgehead atoms. The molecular formula is C13H11BrN2O. The van der Waals surface area contributed by atoms with Gasteiger partial charge in [0.25, 0.3) is 0 Å². The van der Waals surface area contributed by atoms with Crippen LogP contribution in [-0.2, 0) is 7.05 Å². The third kappa shape index (κ3) is 1.37. The molecule has 0 fully saturated rings. The van der Waals surface area contributed by atoms with Crippen LogP contribution < -0.4 is 5.56 Å². The quantitative estimate of drug-likeness (QED) is 0.679. The number of nitrogens with zero attached hydrogens (tertiary/aromatic N) is 1. The van der Waals surface area contributed by atoms with Crippen molar-refractivity contribution in [1.82, 2.24) is 9.55 Å². The molecule has 3 nitrogen and oxygen atoms in total. The Morgan fingerprint density at radius 3 is 2.88 bits per heavy atom. The highest BCUT2D eigenvalue weighted by molar-refractivity contribution is 9.10. The van der Waals surface area contributed by atoms with E-state index >= 15 is 0 Å². The van der Waals surface area contributed by atoms with Gasteiger partial charge in [-0.1, -0.05) is 22.0 Å². The van der Waals surface area contributed by atoms with Gasteiger partial charge in [0.05, 0.1) is 11.0 Å². The van der Waals surface area contributed by atoms with Crippen LogP contribution in [0.3, 0.4) is 0 Å². The molecule has 0 aliphatic rings. The van der Waals surface area contributed by atoms with E-state index in [1.54, 1.807) is 6.07 Å². The number of fused-ring (bicyclic) bond motifs is 3. The van der Waals surface area contributed by atoms with E-state index in [-0.39, 0.29) is 5.56 Å². The lowest BCUT2D eigenvalue weighted by atomic mass is 10.2. The minimum Gasteiger partial charge on any atom is -0.342 e. The molecule has 0 atom stereocenters. The van der Waals surface area contributed by atoms with Gasteiger partial charge in [-0.15, -0.1) is 0 Å². The number of pyridine rings is 1. The lowest BCUT2D eigenvalue weighted by Gasteiger charge is -2.00. The fourth-order valence-corrected chi connectivity index (χ4v) is 3.05. The number of hydrogen-bond donors (Lipinski definition) is 1. The van der Waals surface area contributed by atoms with Crippen LogP contribution in [0.2, 0.25) is 0 Å². The van der Waals surface area contributed by atoms with Gasteiger partial charge in [0.1, 0.15) is 0 Å². The Morgan fingerprint density at radius 1 is 1.35 bits per heavy atom. The molecule has 0 saturated heterocycles. The van der Waals surface area contributed by atoms with E-state index < -0.39 is 0 Å². The van der Waals surface area contributed by atoms with Crippen molar-refractivity contribution in [1.29, 1.82) is 0 Å². The number of hydrogen-bond acceptors (Lipinski definition) is 1. The Morgan fingerprint density at radius 2 is 2.12 bits per heavy atom. The fraction of sp³-hybridized carbons (Fsp3) is 0.154. The van der Waals surface area contributed by atoms with E-state index in [2.05, 4.69) is 31.5 Å². The van der Waals surface area contributed by atoms with Crippen LogP contribution in [0.4, 0.5) is 0 Å². The highest BCUT2D eigenvalue weighted by Crippen LogP contribution is 2.33. The number of aromatic nitrogens is 2. The molecular weight excluding hydrogens is 280 g/mol. The summed E-state index contributed by atoms with van der Waals surface area (Å²) < 4.78 is 3.13. The Kier molecular flexibility index (Phi) is 2.16. The summed E-state index contributed by atoms with van der Waals surface area (Å²) in [6.45, 7) is 1.93. The highest BCUT2D eigenvalue weighted by Gasteiger charge is 2.12. The van der Waals surface area contributed by atoms with Crippen LogP contribution in [-0.4, -0.2) is 9.55 Å². The maximum atomic E-state index is 11.6. The van der Waals surface area contributed by atoms with Crippen molar-refractivity contribution in [3.05, 3.63) is 44.8 Å². The molecule has 17 heavy (non-hydrogen) atoms. The van der Waals surface area contributed by atoms with Gasteiger partial charge in [0, 0.05) is 34.1 Å². The number of aryl methyl sites for hydroxylation is 2. The van der Waals surface area contributed by atoms with Gasteiger partial charge < -0.3 is 9.55 Å². The van der Waals surface area contributed by atoms with Crippen molar-refractivity contribution >= 4 is 37.7 Å². The first kappa shape index (κ1) is 10.6. The Hall–Kier alpha value is -1.55. The summed E-state index contributed by atoms with van der Waals surface area (Å²) in [6, 6.07) is 7.72. The minimum absolute atomic E-state index is 0.0572. The predicted octanol–water partition coefficient (Wildman–Crippen LogP) is 3.09. The average molecular weight is 291 g/mol. The van der Waals surface area contributed by atoms with Crippen LogP contribution in [0.15, 0.2) is 33.5 Å². The zero-order valence-electron chi connectivity index (χ0n) is 9.54. The Bertz CT molecular complexity index is 798. The average Bonchev–Trinajstić information content (AvgIpc) is 2.54. The van der Waals surface area contributed by atoms with Crippen molar-refractivity contribution < 1.29 is 0 Å². The standard InChI is InChI=1S/C13H11BrN2O/c1-7-13-8(6-11(17)15-7)12-9(14)4-3-5-10(12)16(13)2/h3-6H,1-2H3,(H,15,17). The number of nitrogens with one attached hydrogen (secondary N) is 1. The summed E-state index contributed by atoms with van der Waals surface area (Å²) in [7, 11) is 2.02. The molecule has 0 aliphatic carbocycles. The molecule has 0 saturated carbocycles. The molecule has 0 unspecified atom stereocenters. The van der Waals surface area contributed by atoms with Gasteiger partial charge in [-0.2, -0.15) is 0 Å². The molecule has 86 valence electrons. The smallest absolute Gasteiger partial charge is 0.248 e. The van der Waals surface area contributed by atoms with Gasteiger partial charge in [-0.25, -0.2) is 0 Å². The molecule has 2 aromatic heterocycles. The molecule has 0 radical (unpaired) electrons. The molecule has 1 N–H and O–H groups in total. The number of benzene rings is 1. The zero-order valence-corrected chi connectivity index (χ0v) is 11.1. The molecule has 3 aromatic rings. The maximum Gasteiger partial charge on any atom is 0.248 e. The largest absolute Gasteiger partial charge is 0.342 e. The fourth-order valence-electron chi connectivity index (χ4n) is 2.48. The van der Waals surface area contributed by atoms with E-state index in [1.807, 2.05) is 26.1 Å². The van der Waals surface area contributed by atoms with Crippen LogP contribution >= 0.6 is 15.9 Å². The molecule has 4 heteroatoms. The van der Waals surface area contributed by atoms with Crippen LogP contribution in [0.25, 0.3) is 21.8 Å².